The summed E-state index contributed by atoms with van der Waals surface area (Å²) in [6.07, 6.45) is 3.04. The van der Waals surface area contributed by atoms with E-state index < -0.39 is 0 Å². The molecule has 4 nitrogen and oxygen atoms in total. The van der Waals surface area contributed by atoms with Crippen LogP contribution in [0.25, 0.3) is 4.85 Å². The minimum absolute atomic E-state index is 0.644. The molecule has 1 fully saturated rings. The lowest BCUT2D eigenvalue weighted by molar-refractivity contribution is 0.742. The van der Waals surface area contributed by atoms with Crippen molar-refractivity contribution in [2.45, 2.75) is 19.3 Å². The fourth-order valence-corrected chi connectivity index (χ4v) is 3.13. The summed E-state index contributed by atoms with van der Waals surface area (Å²) < 4.78 is 0. The maximum atomic E-state index is 7.17. The highest BCUT2D eigenvalue weighted by Crippen LogP contribution is 2.56. The number of benzene rings is 1. The summed E-state index contributed by atoms with van der Waals surface area (Å²) in [6, 6.07) is 7.97. The van der Waals surface area contributed by atoms with Crippen LogP contribution >= 0.6 is 0 Å². The molecule has 2 aromatic rings. The van der Waals surface area contributed by atoms with Crippen molar-refractivity contribution in [1.29, 1.82) is 0 Å². The van der Waals surface area contributed by atoms with Gasteiger partial charge in [0.05, 0.1) is 6.57 Å². The number of hydrogen-bond donors (Lipinski definition) is 0. The van der Waals surface area contributed by atoms with Crippen molar-refractivity contribution < 1.29 is 0 Å². The normalized spacial score (nSPS) is 22.7. The molecule has 2 aliphatic rings. The van der Waals surface area contributed by atoms with Gasteiger partial charge in [-0.05, 0) is 42.9 Å². The largest absolute Gasteiger partial charge is 0.326 e. The van der Waals surface area contributed by atoms with Gasteiger partial charge in [-0.3, -0.25) is 0 Å². The van der Waals surface area contributed by atoms with Gasteiger partial charge in [0, 0.05) is 18.4 Å². The van der Waals surface area contributed by atoms with Gasteiger partial charge in [-0.25, -0.2) is 14.8 Å². The molecule has 0 spiro atoms. The first-order valence-corrected chi connectivity index (χ1v) is 6.85. The van der Waals surface area contributed by atoms with Crippen LogP contribution in [-0.2, 0) is 0 Å². The Hall–Kier alpha value is -2.41. The Bertz CT molecular complexity index is 731. The van der Waals surface area contributed by atoms with Crippen molar-refractivity contribution in [2.24, 2.45) is 5.92 Å². The third-order valence-corrected chi connectivity index (χ3v) is 4.21. The van der Waals surface area contributed by atoms with Gasteiger partial charge in [-0.15, -0.1) is 0 Å². The molecule has 1 saturated carbocycles. The number of aryl methyl sites for hydroxylation is 1. The summed E-state index contributed by atoms with van der Waals surface area (Å²) in [5, 5.41) is 0. The first-order chi connectivity index (χ1) is 9.76. The second kappa shape index (κ2) is 4.04. The van der Waals surface area contributed by atoms with Crippen LogP contribution in [0.15, 0.2) is 30.5 Å². The van der Waals surface area contributed by atoms with E-state index in [-0.39, 0.29) is 0 Å². The van der Waals surface area contributed by atoms with Crippen molar-refractivity contribution in [3.8, 4) is 0 Å². The first kappa shape index (κ1) is 11.4. The predicted octanol–water partition coefficient (Wildman–Crippen LogP) is 3.59. The molecule has 0 saturated heterocycles. The van der Waals surface area contributed by atoms with Gasteiger partial charge >= 0.3 is 0 Å². The van der Waals surface area contributed by atoms with Crippen molar-refractivity contribution in [1.82, 2.24) is 9.97 Å². The Balaban J connectivity index is 1.83. The highest BCUT2D eigenvalue weighted by Gasteiger charge is 2.45. The van der Waals surface area contributed by atoms with Crippen LogP contribution < -0.4 is 4.90 Å². The predicted molar refractivity (Wildman–Crippen MR) is 77.3 cm³/mol. The SMILES string of the molecule is [C-]#[N+]c1ccc2c(c1)C1CC1CN2c1ccnc(C)n1. The molecule has 1 aromatic heterocycles. The van der Waals surface area contributed by atoms with Gasteiger partial charge in [0.25, 0.3) is 0 Å². The molecular formula is C16H14N4. The quantitative estimate of drug-likeness (QED) is 0.736. The molecule has 0 radical (unpaired) electrons. The lowest BCUT2D eigenvalue weighted by atomic mass is 10.0. The van der Waals surface area contributed by atoms with E-state index in [1.165, 1.54) is 17.7 Å². The fourth-order valence-electron chi connectivity index (χ4n) is 3.13. The third kappa shape index (κ3) is 1.67. The van der Waals surface area contributed by atoms with Crippen molar-refractivity contribution in [3.63, 3.8) is 0 Å². The molecule has 0 amide bonds. The molecule has 0 bridgehead atoms. The molecule has 0 N–H and O–H groups in total. The summed E-state index contributed by atoms with van der Waals surface area (Å²) >= 11 is 0. The highest BCUT2D eigenvalue weighted by molar-refractivity contribution is 5.71. The highest BCUT2D eigenvalue weighted by atomic mass is 15.2. The summed E-state index contributed by atoms with van der Waals surface area (Å²) in [7, 11) is 0. The third-order valence-electron chi connectivity index (χ3n) is 4.21. The summed E-state index contributed by atoms with van der Waals surface area (Å²) in [5.74, 6) is 3.10. The van der Waals surface area contributed by atoms with Crippen molar-refractivity contribution in [2.75, 3.05) is 11.4 Å². The molecule has 1 aliphatic heterocycles. The van der Waals surface area contributed by atoms with Gasteiger partial charge in [0.15, 0.2) is 5.69 Å². The van der Waals surface area contributed by atoms with Gasteiger partial charge in [-0.1, -0.05) is 12.1 Å². The Labute approximate surface area is 117 Å². The lowest BCUT2D eigenvalue weighted by Gasteiger charge is -2.30. The standard InChI is InChI=1S/C16H14N4/c1-10-18-6-5-16(19-10)20-9-11-7-13(11)14-8-12(17-2)3-4-15(14)20/h3-6,8,11,13H,7,9H2,1H3. The monoisotopic (exact) mass is 262 g/mol. The zero-order chi connectivity index (χ0) is 13.7. The minimum Gasteiger partial charge on any atom is -0.326 e. The number of aromatic nitrogens is 2. The summed E-state index contributed by atoms with van der Waals surface area (Å²) in [5.41, 5.74) is 3.25. The number of hydrogen-bond acceptors (Lipinski definition) is 3. The molecule has 2 heterocycles. The van der Waals surface area contributed by atoms with E-state index in [2.05, 4.69) is 25.8 Å². The topological polar surface area (TPSA) is 33.4 Å². The second-order valence-electron chi connectivity index (χ2n) is 5.53. The summed E-state index contributed by atoms with van der Waals surface area (Å²) in [6.45, 7) is 10.1. The Morgan fingerprint density at radius 2 is 2.25 bits per heavy atom. The van der Waals surface area contributed by atoms with Crippen LogP contribution in [-0.4, -0.2) is 16.5 Å². The van der Waals surface area contributed by atoms with Crippen LogP contribution in [0.5, 0.6) is 0 Å². The van der Waals surface area contributed by atoms with Gasteiger partial charge in [0.1, 0.15) is 11.6 Å². The Morgan fingerprint density at radius 3 is 3.05 bits per heavy atom. The number of anilines is 2. The molecule has 4 heteroatoms. The van der Waals surface area contributed by atoms with Crippen LogP contribution in [0, 0.1) is 19.4 Å². The van der Waals surface area contributed by atoms with Gasteiger partial charge < -0.3 is 4.90 Å². The van der Waals surface area contributed by atoms with E-state index >= 15 is 0 Å². The molecule has 1 aliphatic carbocycles. The molecule has 20 heavy (non-hydrogen) atoms. The fraction of sp³-hybridized carbons (Fsp3) is 0.312. The number of nitrogens with zero attached hydrogens (tertiary/aromatic N) is 4. The van der Waals surface area contributed by atoms with Crippen LogP contribution in [0.3, 0.4) is 0 Å². The lowest BCUT2D eigenvalue weighted by Crippen LogP contribution is -2.25. The second-order valence-corrected chi connectivity index (χ2v) is 5.53. The smallest absolute Gasteiger partial charge is 0.187 e. The average molecular weight is 262 g/mol. The Morgan fingerprint density at radius 1 is 1.35 bits per heavy atom. The van der Waals surface area contributed by atoms with Crippen molar-refractivity contribution >= 4 is 17.2 Å². The number of fused-ring (bicyclic) bond motifs is 3. The van der Waals surface area contributed by atoms with E-state index in [9.17, 15) is 0 Å². The molecule has 2 atom stereocenters. The number of rotatable bonds is 1. The maximum absolute atomic E-state index is 7.17. The average Bonchev–Trinajstić information content (AvgIpc) is 3.25. The Kier molecular flexibility index (Phi) is 2.31. The minimum atomic E-state index is 0.644. The van der Waals surface area contributed by atoms with E-state index in [4.69, 9.17) is 6.57 Å². The first-order valence-electron chi connectivity index (χ1n) is 6.85. The molecular weight excluding hydrogens is 248 g/mol. The molecule has 4 rings (SSSR count). The van der Waals surface area contributed by atoms with Crippen molar-refractivity contribution in [3.05, 3.63) is 53.3 Å². The van der Waals surface area contributed by atoms with Crippen LogP contribution in [0.4, 0.5) is 17.2 Å². The molecule has 2 unspecified atom stereocenters. The summed E-state index contributed by atoms with van der Waals surface area (Å²) in [4.78, 5) is 14.5. The zero-order valence-electron chi connectivity index (χ0n) is 11.2. The van der Waals surface area contributed by atoms with Crippen LogP contribution in [0.1, 0.15) is 23.7 Å². The van der Waals surface area contributed by atoms with E-state index in [1.807, 2.05) is 31.3 Å². The van der Waals surface area contributed by atoms with E-state index in [0.717, 1.165) is 23.9 Å². The van der Waals surface area contributed by atoms with E-state index in [0.29, 0.717) is 11.8 Å². The van der Waals surface area contributed by atoms with Gasteiger partial charge in [-0.2, -0.15) is 0 Å². The molecule has 1 aromatic carbocycles. The maximum Gasteiger partial charge on any atom is 0.187 e. The van der Waals surface area contributed by atoms with E-state index in [1.54, 1.807) is 0 Å². The zero-order valence-corrected chi connectivity index (χ0v) is 11.2. The van der Waals surface area contributed by atoms with Gasteiger partial charge in [0.2, 0.25) is 0 Å². The van der Waals surface area contributed by atoms with Crippen LogP contribution in [0.2, 0.25) is 0 Å². The molecule has 98 valence electrons.